The summed E-state index contributed by atoms with van der Waals surface area (Å²) in [6.07, 6.45) is -0.200. The lowest BCUT2D eigenvalue weighted by molar-refractivity contribution is -0.150. The number of morpholine rings is 1. The van der Waals surface area contributed by atoms with Crippen molar-refractivity contribution >= 4 is 0 Å². The molecule has 1 fully saturated rings. The number of aliphatic hydroxyl groups excluding tert-OH is 1. The molecule has 5 heteroatoms. The molecule has 1 aliphatic rings. The van der Waals surface area contributed by atoms with Crippen molar-refractivity contribution in [3.63, 3.8) is 0 Å². The highest BCUT2D eigenvalue weighted by Crippen LogP contribution is 2.23. The Labute approximate surface area is 119 Å². The average Bonchev–Trinajstić information content (AvgIpc) is 2.37. The summed E-state index contributed by atoms with van der Waals surface area (Å²) in [5.74, 6) is -0.247. The molecule has 3 N–H and O–H groups in total. The van der Waals surface area contributed by atoms with Gasteiger partial charge in [0, 0.05) is 26.2 Å². The van der Waals surface area contributed by atoms with E-state index >= 15 is 0 Å². The maximum absolute atomic E-state index is 13.4. The van der Waals surface area contributed by atoms with Gasteiger partial charge in [0.2, 0.25) is 0 Å². The molecule has 1 saturated heterocycles. The highest BCUT2D eigenvalue weighted by atomic mass is 19.1. The zero-order valence-electron chi connectivity index (χ0n) is 12.1. The predicted octanol–water partition coefficient (Wildman–Crippen LogP) is 1.26. The van der Waals surface area contributed by atoms with Crippen molar-refractivity contribution in [1.82, 2.24) is 4.90 Å². The van der Waals surface area contributed by atoms with E-state index in [4.69, 9.17) is 10.5 Å². The van der Waals surface area contributed by atoms with E-state index in [1.165, 1.54) is 6.07 Å². The minimum atomic E-state index is -0.318. The number of hydrogen-bond donors (Lipinski definition) is 2. The van der Waals surface area contributed by atoms with Crippen LogP contribution in [-0.4, -0.2) is 41.4 Å². The van der Waals surface area contributed by atoms with Crippen LogP contribution in [0.5, 0.6) is 0 Å². The molecule has 0 aromatic heterocycles. The third kappa shape index (κ3) is 3.76. The van der Waals surface area contributed by atoms with Gasteiger partial charge in [0.15, 0.2) is 0 Å². The van der Waals surface area contributed by atoms with Gasteiger partial charge in [-0.25, -0.2) is 4.39 Å². The van der Waals surface area contributed by atoms with Crippen LogP contribution in [0.25, 0.3) is 0 Å². The van der Waals surface area contributed by atoms with Crippen LogP contribution >= 0.6 is 0 Å². The van der Waals surface area contributed by atoms with E-state index in [2.05, 4.69) is 4.90 Å². The van der Waals surface area contributed by atoms with Crippen molar-refractivity contribution < 1.29 is 14.2 Å². The molecule has 2 rings (SSSR count). The third-order valence-corrected chi connectivity index (χ3v) is 3.54. The van der Waals surface area contributed by atoms with E-state index in [1.54, 1.807) is 12.1 Å². The van der Waals surface area contributed by atoms with Gasteiger partial charge in [-0.15, -0.1) is 0 Å². The van der Waals surface area contributed by atoms with E-state index in [0.717, 1.165) is 17.7 Å². The lowest BCUT2D eigenvalue weighted by Crippen LogP contribution is -2.53. The summed E-state index contributed by atoms with van der Waals surface area (Å²) < 4.78 is 19.2. The molecular weight excluding hydrogens is 259 g/mol. The van der Waals surface area contributed by atoms with Gasteiger partial charge in [-0.1, -0.05) is 6.07 Å². The molecule has 112 valence electrons. The summed E-state index contributed by atoms with van der Waals surface area (Å²) in [5, 5.41) is 9.32. The topological polar surface area (TPSA) is 58.7 Å². The Kier molecular flexibility index (Phi) is 4.75. The molecule has 0 saturated carbocycles. The molecule has 20 heavy (non-hydrogen) atoms. The molecule has 0 spiro atoms. The Balaban J connectivity index is 2.14. The number of aliphatic hydroxyl groups is 1. The van der Waals surface area contributed by atoms with Crippen LogP contribution in [0, 0.1) is 5.82 Å². The molecule has 0 aliphatic carbocycles. The first-order valence-electron chi connectivity index (χ1n) is 6.92. The van der Waals surface area contributed by atoms with Gasteiger partial charge in [0.1, 0.15) is 5.82 Å². The molecule has 1 heterocycles. The minimum absolute atomic E-state index is 0.00712. The SMILES string of the molecule is CC1(C)CN(Cc2cc(F)ccc2CN)CC(CO)O1. The molecule has 0 amide bonds. The summed E-state index contributed by atoms with van der Waals surface area (Å²) >= 11 is 0. The molecule has 1 aromatic rings. The number of rotatable bonds is 4. The van der Waals surface area contributed by atoms with Crippen molar-refractivity contribution in [1.29, 1.82) is 0 Å². The Morgan fingerprint density at radius 3 is 2.85 bits per heavy atom. The largest absolute Gasteiger partial charge is 0.394 e. The molecule has 1 unspecified atom stereocenters. The van der Waals surface area contributed by atoms with Gasteiger partial charge in [-0.2, -0.15) is 0 Å². The smallest absolute Gasteiger partial charge is 0.123 e. The maximum Gasteiger partial charge on any atom is 0.123 e. The first-order valence-corrected chi connectivity index (χ1v) is 6.92. The van der Waals surface area contributed by atoms with E-state index in [0.29, 0.717) is 19.6 Å². The predicted molar refractivity (Wildman–Crippen MR) is 75.6 cm³/mol. The molecule has 1 aromatic carbocycles. The van der Waals surface area contributed by atoms with Gasteiger partial charge >= 0.3 is 0 Å². The second kappa shape index (κ2) is 6.18. The normalized spacial score (nSPS) is 22.9. The quantitative estimate of drug-likeness (QED) is 0.873. The minimum Gasteiger partial charge on any atom is -0.394 e. The number of nitrogens with two attached hydrogens (primary N) is 1. The van der Waals surface area contributed by atoms with Crippen molar-refractivity contribution in [2.24, 2.45) is 5.73 Å². The van der Waals surface area contributed by atoms with Gasteiger partial charge in [-0.3, -0.25) is 4.90 Å². The number of ether oxygens (including phenoxy) is 1. The van der Waals surface area contributed by atoms with Crippen molar-refractivity contribution in [2.75, 3.05) is 19.7 Å². The Morgan fingerprint density at radius 2 is 2.20 bits per heavy atom. The van der Waals surface area contributed by atoms with Crippen LogP contribution in [0.1, 0.15) is 25.0 Å². The van der Waals surface area contributed by atoms with Crippen molar-refractivity contribution in [3.8, 4) is 0 Å². The average molecular weight is 282 g/mol. The summed E-state index contributed by atoms with van der Waals surface area (Å²) in [5.41, 5.74) is 7.25. The summed E-state index contributed by atoms with van der Waals surface area (Å²) in [7, 11) is 0. The first kappa shape index (κ1) is 15.4. The zero-order valence-corrected chi connectivity index (χ0v) is 12.1. The van der Waals surface area contributed by atoms with E-state index in [-0.39, 0.29) is 24.1 Å². The van der Waals surface area contributed by atoms with Gasteiger partial charge in [0.05, 0.1) is 18.3 Å². The Hall–Kier alpha value is -1.01. The lowest BCUT2D eigenvalue weighted by atomic mass is 10.0. The molecule has 1 atom stereocenters. The molecular formula is C15H23FN2O2. The molecule has 4 nitrogen and oxygen atoms in total. The molecule has 0 bridgehead atoms. The fourth-order valence-electron chi connectivity index (χ4n) is 2.81. The lowest BCUT2D eigenvalue weighted by Gasteiger charge is -2.42. The highest BCUT2D eigenvalue weighted by Gasteiger charge is 2.33. The fourth-order valence-corrected chi connectivity index (χ4v) is 2.81. The van der Waals surface area contributed by atoms with Crippen LogP contribution in [0.2, 0.25) is 0 Å². The number of benzene rings is 1. The summed E-state index contributed by atoms with van der Waals surface area (Å²) in [6.45, 7) is 6.38. The van der Waals surface area contributed by atoms with Gasteiger partial charge in [-0.05, 0) is 37.1 Å². The van der Waals surface area contributed by atoms with Gasteiger partial charge in [0.25, 0.3) is 0 Å². The first-order chi connectivity index (χ1) is 9.43. The van der Waals surface area contributed by atoms with E-state index in [1.807, 2.05) is 13.8 Å². The van der Waals surface area contributed by atoms with Crippen LogP contribution in [0.3, 0.4) is 0 Å². The van der Waals surface area contributed by atoms with Crippen LogP contribution in [-0.2, 0) is 17.8 Å². The summed E-state index contributed by atoms with van der Waals surface area (Å²) in [6, 6.07) is 4.71. The Bertz CT molecular complexity index is 465. The number of halogens is 1. The van der Waals surface area contributed by atoms with Crippen LogP contribution in [0.4, 0.5) is 4.39 Å². The highest BCUT2D eigenvalue weighted by molar-refractivity contribution is 5.27. The van der Waals surface area contributed by atoms with Gasteiger partial charge < -0.3 is 15.6 Å². The van der Waals surface area contributed by atoms with E-state index < -0.39 is 0 Å². The molecule has 0 radical (unpaired) electrons. The zero-order chi connectivity index (χ0) is 14.8. The summed E-state index contributed by atoms with van der Waals surface area (Å²) in [4.78, 5) is 2.18. The van der Waals surface area contributed by atoms with Crippen LogP contribution in [0.15, 0.2) is 18.2 Å². The second-order valence-corrected chi connectivity index (χ2v) is 5.97. The maximum atomic E-state index is 13.4. The number of hydrogen-bond acceptors (Lipinski definition) is 4. The Morgan fingerprint density at radius 1 is 1.45 bits per heavy atom. The van der Waals surface area contributed by atoms with Crippen molar-refractivity contribution in [2.45, 2.75) is 38.6 Å². The third-order valence-electron chi connectivity index (χ3n) is 3.54. The van der Waals surface area contributed by atoms with Crippen molar-refractivity contribution in [3.05, 3.63) is 35.1 Å². The molecule has 1 aliphatic heterocycles. The second-order valence-electron chi connectivity index (χ2n) is 5.97. The standard InChI is InChI=1S/C15H23FN2O2/c1-15(2)10-18(8-14(9-19)20-15)7-12-5-13(16)4-3-11(12)6-17/h3-5,14,19H,6-10,17H2,1-2H3. The fraction of sp³-hybridized carbons (Fsp3) is 0.600. The monoisotopic (exact) mass is 282 g/mol. The number of nitrogens with zero attached hydrogens (tertiary/aromatic N) is 1. The van der Waals surface area contributed by atoms with E-state index in [9.17, 15) is 9.50 Å². The van der Waals surface area contributed by atoms with Crippen LogP contribution < -0.4 is 5.73 Å².